The Morgan fingerprint density at radius 3 is 2.17 bits per heavy atom. The second kappa shape index (κ2) is 10.3. The molecule has 11 atom stereocenters. The van der Waals surface area contributed by atoms with Crippen LogP contribution in [0.15, 0.2) is 0 Å². The summed E-state index contributed by atoms with van der Waals surface area (Å²) >= 11 is 0. The Balaban J connectivity index is 1.67. The van der Waals surface area contributed by atoms with Gasteiger partial charge in [-0.05, 0) is 104 Å². The highest BCUT2D eigenvalue weighted by Crippen LogP contribution is 2.70. The van der Waals surface area contributed by atoms with Crippen molar-refractivity contribution in [1.29, 1.82) is 0 Å². The molecule has 1 N–H and O–H groups in total. The Morgan fingerprint density at radius 2 is 1.56 bits per heavy atom. The number of carboxylic acid groups (broad SMARTS) is 1. The monoisotopic (exact) mass is 504 g/mol. The van der Waals surface area contributed by atoms with Gasteiger partial charge in [-0.2, -0.15) is 0 Å². The molecular formula is C30H48O6. The van der Waals surface area contributed by atoms with Gasteiger partial charge in [0.15, 0.2) is 0 Å². The summed E-state index contributed by atoms with van der Waals surface area (Å²) in [7, 11) is 0. The Hall–Kier alpha value is -1.59. The molecule has 4 aliphatic carbocycles. The quantitative estimate of drug-likeness (QED) is 0.412. The molecule has 6 heteroatoms. The largest absolute Gasteiger partial charge is 0.481 e. The van der Waals surface area contributed by atoms with E-state index in [1.165, 1.54) is 13.3 Å². The third-order valence-corrected chi connectivity index (χ3v) is 11.5. The van der Waals surface area contributed by atoms with Crippen molar-refractivity contribution in [3.63, 3.8) is 0 Å². The van der Waals surface area contributed by atoms with Gasteiger partial charge in [0.1, 0.15) is 12.2 Å². The van der Waals surface area contributed by atoms with E-state index in [2.05, 4.69) is 27.7 Å². The summed E-state index contributed by atoms with van der Waals surface area (Å²) in [6.07, 6.45) is 9.23. The normalized spacial score (nSPS) is 44.5. The average molecular weight is 505 g/mol. The number of ether oxygens (including phenoxy) is 2. The topological polar surface area (TPSA) is 89.9 Å². The molecule has 36 heavy (non-hydrogen) atoms. The summed E-state index contributed by atoms with van der Waals surface area (Å²) in [5, 5.41) is 9.26. The zero-order valence-electron chi connectivity index (χ0n) is 23.3. The molecule has 0 saturated heterocycles. The van der Waals surface area contributed by atoms with E-state index >= 15 is 0 Å². The van der Waals surface area contributed by atoms with Gasteiger partial charge in [-0.25, -0.2) is 0 Å². The van der Waals surface area contributed by atoms with Crippen molar-refractivity contribution in [3.05, 3.63) is 0 Å². The van der Waals surface area contributed by atoms with E-state index in [0.29, 0.717) is 35.5 Å². The lowest BCUT2D eigenvalue weighted by molar-refractivity contribution is -0.219. The second-order valence-corrected chi connectivity index (χ2v) is 13.2. The molecular weight excluding hydrogens is 456 g/mol. The van der Waals surface area contributed by atoms with Crippen molar-refractivity contribution in [2.45, 2.75) is 118 Å². The fraction of sp³-hybridized carbons (Fsp3) is 0.900. The maximum atomic E-state index is 12.4. The Kier molecular flexibility index (Phi) is 7.84. The molecule has 0 aliphatic heterocycles. The number of esters is 2. The number of fused-ring (bicyclic) bond motifs is 5. The highest BCUT2D eigenvalue weighted by molar-refractivity contribution is 5.67. The number of hydrogen-bond acceptors (Lipinski definition) is 5. The first kappa shape index (κ1) is 27.4. The summed E-state index contributed by atoms with van der Waals surface area (Å²) in [5.41, 5.74) is 0.320. The summed E-state index contributed by atoms with van der Waals surface area (Å²) in [6.45, 7) is 12.5. The molecule has 204 valence electrons. The molecule has 0 aromatic heterocycles. The van der Waals surface area contributed by atoms with Gasteiger partial charge in [0, 0.05) is 26.2 Å². The van der Waals surface area contributed by atoms with Crippen molar-refractivity contribution in [3.8, 4) is 0 Å². The molecule has 0 bridgehead atoms. The number of rotatable bonds is 7. The fourth-order valence-corrected chi connectivity index (χ4v) is 10.1. The number of hydrogen-bond donors (Lipinski definition) is 1. The van der Waals surface area contributed by atoms with Crippen LogP contribution in [0, 0.1) is 52.3 Å². The van der Waals surface area contributed by atoms with E-state index in [1.54, 1.807) is 6.92 Å². The van der Waals surface area contributed by atoms with E-state index in [4.69, 9.17) is 9.47 Å². The van der Waals surface area contributed by atoms with Crippen LogP contribution in [0.25, 0.3) is 0 Å². The van der Waals surface area contributed by atoms with Crippen molar-refractivity contribution in [1.82, 2.24) is 0 Å². The molecule has 4 saturated carbocycles. The standard InChI is InChI=1S/C30H48O6/c1-7-21-25-16-20(35-18(3)31)12-14-30(25,6)24-13-15-29(5)22(17(2)8-11-26(33)34)9-10-23(29)27(24)28(21)36-19(4)32/h17,20-25,27-28H,7-16H2,1-6H3,(H,33,34)/t17-,20-,21-,22-,23+,24+,25?,27+,28-,29?,30?/m1/s1. The van der Waals surface area contributed by atoms with Gasteiger partial charge in [0.05, 0.1) is 0 Å². The van der Waals surface area contributed by atoms with Gasteiger partial charge in [0.25, 0.3) is 0 Å². The van der Waals surface area contributed by atoms with Crippen LogP contribution in [0.5, 0.6) is 0 Å². The van der Waals surface area contributed by atoms with Gasteiger partial charge in [-0.1, -0.05) is 27.7 Å². The summed E-state index contributed by atoms with van der Waals surface area (Å²) in [5.74, 6) is 1.79. The number of carbonyl (C=O) groups is 3. The van der Waals surface area contributed by atoms with Gasteiger partial charge in [-0.3, -0.25) is 14.4 Å². The zero-order chi connectivity index (χ0) is 26.4. The first-order valence-corrected chi connectivity index (χ1v) is 14.5. The Bertz CT molecular complexity index is 854. The van der Waals surface area contributed by atoms with E-state index in [1.807, 2.05) is 0 Å². The van der Waals surface area contributed by atoms with E-state index in [0.717, 1.165) is 51.4 Å². The lowest BCUT2D eigenvalue weighted by Crippen LogP contribution is -2.63. The zero-order valence-corrected chi connectivity index (χ0v) is 23.3. The minimum atomic E-state index is -0.707. The van der Waals surface area contributed by atoms with Crippen LogP contribution in [0.1, 0.15) is 106 Å². The van der Waals surface area contributed by atoms with Crippen LogP contribution in [0.3, 0.4) is 0 Å². The smallest absolute Gasteiger partial charge is 0.303 e. The van der Waals surface area contributed by atoms with Crippen LogP contribution < -0.4 is 0 Å². The minimum absolute atomic E-state index is 0.0380. The maximum absolute atomic E-state index is 12.4. The predicted molar refractivity (Wildman–Crippen MR) is 137 cm³/mol. The van der Waals surface area contributed by atoms with Crippen molar-refractivity contribution in [2.75, 3.05) is 0 Å². The molecule has 0 radical (unpaired) electrons. The summed E-state index contributed by atoms with van der Waals surface area (Å²) in [4.78, 5) is 35.4. The van der Waals surface area contributed by atoms with E-state index in [-0.39, 0.29) is 47.3 Å². The summed E-state index contributed by atoms with van der Waals surface area (Å²) in [6, 6.07) is 0. The Labute approximate surface area is 217 Å². The van der Waals surface area contributed by atoms with Crippen LogP contribution in [-0.2, 0) is 23.9 Å². The average Bonchev–Trinajstić information content (AvgIpc) is 3.15. The SMILES string of the molecule is CC[C@@H]1C2C[C@H](OC(C)=O)CCC2(C)[C@H]2CCC3(C)[C@@H]([C@H](C)CCC(=O)O)CC[C@H]3[C@@H]2[C@@H]1OC(C)=O. The molecule has 0 aromatic rings. The molecule has 4 aliphatic rings. The predicted octanol–water partition coefficient (Wildman–Crippen LogP) is 6.26. The van der Waals surface area contributed by atoms with Crippen molar-refractivity contribution >= 4 is 17.9 Å². The number of aliphatic carboxylic acids is 1. The molecule has 6 nitrogen and oxygen atoms in total. The van der Waals surface area contributed by atoms with Gasteiger partial charge >= 0.3 is 17.9 Å². The summed E-state index contributed by atoms with van der Waals surface area (Å²) < 4.78 is 12.0. The molecule has 0 spiro atoms. The number of carboxylic acids is 1. The first-order chi connectivity index (χ1) is 16.9. The van der Waals surface area contributed by atoms with Crippen LogP contribution in [-0.4, -0.2) is 35.2 Å². The molecule has 0 aromatic carbocycles. The molecule has 0 heterocycles. The highest BCUT2D eigenvalue weighted by Gasteiger charge is 2.66. The maximum Gasteiger partial charge on any atom is 0.303 e. The lowest BCUT2D eigenvalue weighted by Gasteiger charge is -2.65. The van der Waals surface area contributed by atoms with Crippen molar-refractivity contribution < 1.29 is 29.0 Å². The van der Waals surface area contributed by atoms with E-state index < -0.39 is 5.97 Å². The van der Waals surface area contributed by atoms with Crippen molar-refractivity contribution in [2.24, 2.45) is 52.3 Å². The van der Waals surface area contributed by atoms with Gasteiger partial charge < -0.3 is 14.6 Å². The highest BCUT2D eigenvalue weighted by atomic mass is 16.5. The first-order valence-electron chi connectivity index (χ1n) is 14.5. The molecule has 4 rings (SSSR count). The third-order valence-electron chi connectivity index (χ3n) is 11.5. The number of carbonyl (C=O) groups excluding carboxylic acids is 2. The van der Waals surface area contributed by atoms with Crippen LogP contribution in [0.4, 0.5) is 0 Å². The van der Waals surface area contributed by atoms with Gasteiger partial charge in [-0.15, -0.1) is 0 Å². The second-order valence-electron chi connectivity index (χ2n) is 13.2. The molecule has 4 fully saturated rings. The fourth-order valence-electron chi connectivity index (χ4n) is 10.1. The van der Waals surface area contributed by atoms with Crippen LogP contribution >= 0.6 is 0 Å². The van der Waals surface area contributed by atoms with Crippen LogP contribution in [0.2, 0.25) is 0 Å². The molecule has 3 unspecified atom stereocenters. The van der Waals surface area contributed by atoms with Gasteiger partial charge in [0.2, 0.25) is 0 Å². The molecule has 0 amide bonds. The van der Waals surface area contributed by atoms with E-state index in [9.17, 15) is 19.5 Å². The minimum Gasteiger partial charge on any atom is -0.481 e. The Morgan fingerprint density at radius 1 is 0.917 bits per heavy atom. The third kappa shape index (κ3) is 4.71. The lowest BCUT2D eigenvalue weighted by atomic mass is 9.41.